The summed E-state index contributed by atoms with van der Waals surface area (Å²) in [5.74, 6) is 0.150. The molecule has 2 rings (SSSR count). The van der Waals surface area contributed by atoms with Gasteiger partial charge in [0.2, 0.25) is 0 Å². The summed E-state index contributed by atoms with van der Waals surface area (Å²) in [5, 5.41) is 9.46. The Kier molecular flexibility index (Phi) is 2.77. The molecule has 1 N–H and O–H groups in total. The molecule has 0 spiro atoms. The molecule has 0 saturated carbocycles. The molecule has 0 saturated heterocycles. The number of phenolic OH excluding ortho intramolecular Hbond substituents is 1. The monoisotopic (exact) mass is 218 g/mol. The fourth-order valence-electron chi connectivity index (χ4n) is 1.30. The van der Waals surface area contributed by atoms with Gasteiger partial charge in [-0.1, -0.05) is 17.7 Å². The van der Waals surface area contributed by atoms with Crippen molar-refractivity contribution < 1.29 is 14.2 Å². The first-order chi connectivity index (χ1) is 7.65. The fraction of sp³-hybridized carbons (Fsp3) is 0.0769. The van der Waals surface area contributed by atoms with Crippen molar-refractivity contribution in [1.82, 2.24) is 0 Å². The first kappa shape index (κ1) is 10.5. The Balaban J connectivity index is 2.26. The van der Waals surface area contributed by atoms with Crippen molar-refractivity contribution in [3.63, 3.8) is 0 Å². The van der Waals surface area contributed by atoms with E-state index in [0.29, 0.717) is 5.75 Å². The van der Waals surface area contributed by atoms with Crippen molar-refractivity contribution in [1.29, 1.82) is 0 Å². The molecular weight excluding hydrogens is 207 g/mol. The highest BCUT2D eigenvalue weighted by molar-refractivity contribution is 5.42. The summed E-state index contributed by atoms with van der Waals surface area (Å²) in [4.78, 5) is 0. The average molecular weight is 218 g/mol. The molecule has 2 nitrogen and oxygen atoms in total. The lowest BCUT2D eigenvalue weighted by atomic mass is 10.2. The number of aryl methyl sites for hydroxylation is 1. The lowest BCUT2D eigenvalue weighted by molar-refractivity contribution is 0.407. The molecule has 2 aromatic carbocycles. The Hall–Kier alpha value is -2.03. The minimum Gasteiger partial charge on any atom is -0.504 e. The highest BCUT2D eigenvalue weighted by atomic mass is 19.1. The first-order valence-corrected chi connectivity index (χ1v) is 4.88. The molecule has 0 aliphatic carbocycles. The van der Waals surface area contributed by atoms with Gasteiger partial charge in [0.05, 0.1) is 0 Å². The van der Waals surface area contributed by atoms with Crippen LogP contribution in [0.1, 0.15) is 5.56 Å². The predicted molar refractivity (Wildman–Crippen MR) is 59.3 cm³/mol. The van der Waals surface area contributed by atoms with E-state index in [1.54, 1.807) is 12.1 Å². The van der Waals surface area contributed by atoms with E-state index in [-0.39, 0.29) is 11.5 Å². The number of halogens is 1. The Morgan fingerprint density at radius 2 is 1.75 bits per heavy atom. The molecular formula is C13H11FO2. The largest absolute Gasteiger partial charge is 0.504 e. The van der Waals surface area contributed by atoms with E-state index < -0.39 is 5.82 Å². The zero-order chi connectivity index (χ0) is 11.5. The number of hydrogen-bond donors (Lipinski definition) is 1. The standard InChI is InChI=1S/C13H11FO2/c1-9-2-5-11(6-3-9)16-13-8-10(14)4-7-12(13)15/h2-8,15H,1H3. The van der Waals surface area contributed by atoms with E-state index in [1.165, 1.54) is 12.1 Å². The number of benzene rings is 2. The molecule has 0 atom stereocenters. The zero-order valence-electron chi connectivity index (χ0n) is 8.77. The maximum Gasteiger partial charge on any atom is 0.171 e. The molecule has 0 aliphatic heterocycles. The van der Waals surface area contributed by atoms with Gasteiger partial charge in [0.25, 0.3) is 0 Å². The molecule has 0 bridgehead atoms. The second-order valence-corrected chi connectivity index (χ2v) is 3.53. The van der Waals surface area contributed by atoms with E-state index in [9.17, 15) is 9.50 Å². The van der Waals surface area contributed by atoms with Gasteiger partial charge in [0.1, 0.15) is 11.6 Å². The highest BCUT2D eigenvalue weighted by Gasteiger charge is 2.05. The van der Waals surface area contributed by atoms with E-state index in [2.05, 4.69) is 0 Å². The summed E-state index contributed by atoms with van der Waals surface area (Å²) in [6.45, 7) is 1.96. The van der Waals surface area contributed by atoms with Crippen molar-refractivity contribution in [3.8, 4) is 17.2 Å². The SMILES string of the molecule is Cc1ccc(Oc2cc(F)ccc2O)cc1. The van der Waals surface area contributed by atoms with Gasteiger partial charge in [-0.05, 0) is 31.2 Å². The molecule has 16 heavy (non-hydrogen) atoms. The minimum atomic E-state index is -0.445. The maximum absolute atomic E-state index is 12.9. The lowest BCUT2D eigenvalue weighted by Gasteiger charge is -2.07. The third-order valence-corrected chi connectivity index (χ3v) is 2.17. The smallest absolute Gasteiger partial charge is 0.171 e. The van der Waals surface area contributed by atoms with Gasteiger partial charge in [0.15, 0.2) is 11.5 Å². The second kappa shape index (κ2) is 4.23. The topological polar surface area (TPSA) is 29.5 Å². The first-order valence-electron chi connectivity index (χ1n) is 4.88. The zero-order valence-corrected chi connectivity index (χ0v) is 8.77. The van der Waals surface area contributed by atoms with Gasteiger partial charge < -0.3 is 9.84 Å². The maximum atomic E-state index is 12.9. The van der Waals surface area contributed by atoms with Gasteiger partial charge in [-0.3, -0.25) is 0 Å². The number of ether oxygens (including phenoxy) is 1. The Morgan fingerprint density at radius 3 is 2.44 bits per heavy atom. The van der Waals surface area contributed by atoms with Crippen molar-refractivity contribution in [2.45, 2.75) is 6.92 Å². The average Bonchev–Trinajstić information content (AvgIpc) is 2.27. The van der Waals surface area contributed by atoms with Crippen LogP contribution in [0, 0.1) is 12.7 Å². The second-order valence-electron chi connectivity index (χ2n) is 3.53. The Morgan fingerprint density at radius 1 is 1.06 bits per heavy atom. The molecule has 0 unspecified atom stereocenters. The van der Waals surface area contributed by atoms with Crippen molar-refractivity contribution in [2.24, 2.45) is 0 Å². The van der Waals surface area contributed by atoms with E-state index in [4.69, 9.17) is 4.74 Å². The quantitative estimate of drug-likeness (QED) is 0.833. The molecule has 0 amide bonds. The van der Waals surface area contributed by atoms with Gasteiger partial charge in [-0.25, -0.2) is 4.39 Å². The molecule has 0 aromatic heterocycles. The summed E-state index contributed by atoms with van der Waals surface area (Å²) >= 11 is 0. The van der Waals surface area contributed by atoms with Gasteiger partial charge in [0, 0.05) is 6.07 Å². The van der Waals surface area contributed by atoms with Gasteiger partial charge >= 0.3 is 0 Å². The third-order valence-electron chi connectivity index (χ3n) is 2.17. The van der Waals surface area contributed by atoms with Crippen LogP contribution in [0.2, 0.25) is 0 Å². The van der Waals surface area contributed by atoms with Crippen LogP contribution >= 0.6 is 0 Å². The number of aromatic hydroxyl groups is 1. The van der Waals surface area contributed by atoms with Crippen LogP contribution in [0.15, 0.2) is 42.5 Å². The van der Waals surface area contributed by atoms with E-state index >= 15 is 0 Å². The molecule has 0 radical (unpaired) electrons. The predicted octanol–water partition coefficient (Wildman–Crippen LogP) is 3.63. The van der Waals surface area contributed by atoms with Crippen LogP contribution < -0.4 is 4.74 Å². The van der Waals surface area contributed by atoms with Crippen LogP contribution in [0.3, 0.4) is 0 Å². The van der Waals surface area contributed by atoms with Crippen molar-refractivity contribution >= 4 is 0 Å². The summed E-state index contributed by atoms with van der Waals surface area (Å²) in [7, 11) is 0. The van der Waals surface area contributed by atoms with Crippen LogP contribution in [0.5, 0.6) is 17.2 Å². The highest BCUT2D eigenvalue weighted by Crippen LogP contribution is 2.30. The van der Waals surface area contributed by atoms with Crippen LogP contribution in [0.25, 0.3) is 0 Å². The van der Waals surface area contributed by atoms with Gasteiger partial charge in [-0.15, -0.1) is 0 Å². The minimum absolute atomic E-state index is 0.0815. The van der Waals surface area contributed by atoms with E-state index in [0.717, 1.165) is 11.6 Å². The Bertz CT molecular complexity index is 492. The molecule has 3 heteroatoms. The normalized spacial score (nSPS) is 10.1. The van der Waals surface area contributed by atoms with Crippen molar-refractivity contribution in [3.05, 3.63) is 53.8 Å². The van der Waals surface area contributed by atoms with Gasteiger partial charge in [-0.2, -0.15) is 0 Å². The summed E-state index contributed by atoms with van der Waals surface area (Å²) in [5.41, 5.74) is 1.11. The number of rotatable bonds is 2. The Labute approximate surface area is 92.9 Å². The summed E-state index contributed by atoms with van der Waals surface area (Å²) in [6.07, 6.45) is 0. The molecule has 0 fully saturated rings. The summed E-state index contributed by atoms with van der Waals surface area (Å²) in [6, 6.07) is 10.9. The molecule has 0 aliphatic rings. The van der Waals surface area contributed by atoms with Crippen LogP contribution in [0.4, 0.5) is 4.39 Å². The molecule has 0 heterocycles. The third kappa shape index (κ3) is 2.31. The number of phenols is 1. The lowest BCUT2D eigenvalue weighted by Crippen LogP contribution is -1.86. The fourth-order valence-corrected chi connectivity index (χ4v) is 1.30. The molecule has 82 valence electrons. The summed E-state index contributed by atoms with van der Waals surface area (Å²) < 4.78 is 18.3. The van der Waals surface area contributed by atoms with Crippen LogP contribution in [-0.4, -0.2) is 5.11 Å². The van der Waals surface area contributed by atoms with Crippen molar-refractivity contribution in [2.75, 3.05) is 0 Å². The molecule has 2 aromatic rings. The van der Waals surface area contributed by atoms with Crippen LogP contribution in [-0.2, 0) is 0 Å². The van der Waals surface area contributed by atoms with E-state index in [1.807, 2.05) is 19.1 Å². The number of hydrogen-bond acceptors (Lipinski definition) is 2.